The van der Waals surface area contributed by atoms with Gasteiger partial charge in [-0.1, -0.05) is 19.1 Å². The Morgan fingerprint density at radius 1 is 1.44 bits per heavy atom. The molecule has 16 heavy (non-hydrogen) atoms. The molecule has 0 aliphatic carbocycles. The van der Waals surface area contributed by atoms with Crippen LogP contribution in [0.3, 0.4) is 0 Å². The summed E-state index contributed by atoms with van der Waals surface area (Å²) in [5.74, 6) is 0.863. The van der Waals surface area contributed by atoms with Crippen molar-refractivity contribution < 1.29 is 9.84 Å². The molecule has 90 valence electrons. The zero-order valence-electron chi connectivity index (χ0n) is 10.3. The molecule has 1 unspecified atom stereocenters. The van der Waals surface area contributed by atoms with Gasteiger partial charge in [0.1, 0.15) is 5.75 Å². The molecule has 2 N–H and O–H groups in total. The standard InChI is InChI=1S/C13H21NO2/c1-4-13(2,15)10-14-9-11-6-5-7-12(8-11)16-3/h5-8,14-15H,4,9-10H2,1-3H3. The lowest BCUT2D eigenvalue weighted by Gasteiger charge is -2.21. The van der Waals surface area contributed by atoms with Gasteiger partial charge in [0.15, 0.2) is 0 Å². The number of hydrogen-bond acceptors (Lipinski definition) is 3. The summed E-state index contributed by atoms with van der Waals surface area (Å²) in [5.41, 5.74) is 0.532. The Morgan fingerprint density at radius 3 is 2.81 bits per heavy atom. The summed E-state index contributed by atoms with van der Waals surface area (Å²) in [6.07, 6.45) is 0.748. The molecule has 1 aromatic rings. The third-order valence-corrected chi connectivity index (χ3v) is 2.73. The van der Waals surface area contributed by atoms with Crippen molar-refractivity contribution in [3.05, 3.63) is 29.8 Å². The van der Waals surface area contributed by atoms with Crippen LogP contribution in [0.4, 0.5) is 0 Å². The van der Waals surface area contributed by atoms with E-state index in [0.29, 0.717) is 6.54 Å². The molecule has 0 bridgehead atoms. The number of rotatable bonds is 6. The van der Waals surface area contributed by atoms with Gasteiger partial charge in [-0.3, -0.25) is 0 Å². The van der Waals surface area contributed by atoms with Crippen molar-refractivity contribution in [3.8, 4) is 5.75 Å². The van der Waals surface area contributed by atoms with E-state index in [1.54, 1.807) is 7.11 Å². The second kappa shape index (κ2) is 5.87. The van der Waals surface area contributed by atoms with Crippen LogP contribution in [0.25, 0.3) is 0 Å². The fourth-order valence-corrected chi connectivity index (χ4v) is 1.38. The van der Waals surface area contributed by atoms with Gasteiger partial charge < -0.3 is 15.2 Å². The van der Waals surface area contributed by atoms with Crippen LogP contribution in [0.5, 0.6) is 5.75 Å². The minimum Gasteiger partial charge on any atom is -0.497 e. The Balaban J connectivity index is 2.42. The van der Waals surface area contributed by atoms with E-state index in [2.05, 4.69) is 5.32 Å². The average molecular weight is 223 g/mol. The van der Waals surface area contributed by atoms with E-state index < -0.39 is 5.60 Å². The number of hydrogen-bond donors (Lipinski definition) is 2. The summed E-state index contributed by atoms with van der Waals surface area (Å²) in [5, 5.41) is 13.1. The Hall–Kier alpha value is -1.06. The van der Waals surface area contributed by atoms with Gasteiger partial charge in [-0.25, -0.2) is 0 Å². The van der Waals surface area contributed by atoms with E-state index in [9.17, 15) is 5.11 Å². The first-order chi connectivity index (χ1) is 7.57. The van der Waals surface area contributed by atoms with Crippen molar-refractivity contribution in [1.29, 1.82) is 0 Å². The largest absolute Gasteiger partial charge is 0.497 e. The van der Waals surface area contributed by atoms with Crippen molar-refractivity contribution >= 4 is 0 Å². The Kier molecular flexibility index (Phi) is 4.77. The topological polar surface area (TPSA) is 41.5 Å². The van der Waals surface area contributed by atoms with Crippen molar-refractivity contribution in [3.63, 3.8) is 0 Å². The quantitative estimate of drug-likeness (QED) is 0.774. The minimum absolute atomic E-state index is 0.598. The van der Waals surface area contributed by atoms with E-state index in [4.69, 9.17) is 4.74 Å². The maximum atomic E-state index is 9.81. The summed E-state index contributed by atoms with van der Waals surface area (Å²) >= 11 is 0. The second-order valence-corrected chi connectivity index (χ2v) is 4.31. The average Bonchev–Trinajstić information content (AvgIpc) is 2.29. The van der Waals surface area contributed by atoms with E-state index in [1.165, 1.54) is 0 Å². The number of nitrogens with one attached hydrogen (secondary N) is 1. The van der Waals surface area contributed by atoms with Gasteiger partial charge in [0.05, 0.1) is 12.7 Å². The van der Waals surface area contributed by atoms with Crippen molar-refractivity contribution in [2.45, 2.75) is 32.4 Å². The smallest absolute Gasteiger partial charge is 0.119 e. The van der Waals surface area contributed by atoms with Gasteiger partial charge in [0, 0.05) is 13.1 Å². The SMILES string of the molecule is CCC(C)(O)CNCc1cccc(OC)c1. The van der Waals surface area contributed by atoms with Crippen molar-refractivity contribution in [1.82, 2.24) is 5.32 Å². The fraction of sp³-hybridized carbons (Fsp3) is 0.538. The predicted octanol–water partition coefficient (Wildman–Crippen LogP) is 1.95. The van der Waals surface area contributed by atoms with Crippen LogP contribution in [0.2, 0.25) is 0 Å². The van der Waals surface area contributed by atoms with Gasteiger partial charge in [-0.05, 0) is 31.0 Å². The molecule has 0 aliphatic heterocycles. The van der Waals surface area contributed by atoms with Crippen LogP contribution >= 0.6 is 0 Å². The third kappa shape index (κ3) is 4.21. The fourth-order valence-electron chi connectivity index (χ4n) is 1.38. The maximum Gasteiger partial charge on any atom is 0.119 e. The second-order valence-electron chi connectivity index (χ2n) is 4.31. The molecule has 0 fully saturated rings. The first kappa shape index (κ1) is 13.0. The highest BCUT2D eigenvalue weighted by Crippen LogP contribution is 2.12. The van der Waals surface area contributed by atoms with Gasteiger partial charge in [-0.15, -0.1) is 0 Å². The lowest BCUT2D eigenvalue weighted by Crippen LogP contribution is -2.36. The summed E-state index contributed by atoms with van der Waals surface area (Å²) in [6, 6.07) is 7.92. The van der Waals surface area contributed by atoms with Gasteiger partial charge >= 0.3 is 0 Å². The molecule has 0 heterocycles. The van der Waals surface area contributed by atoms with E-state index in [1.807, 2.05) is 38.1 Å². The summed E-state index contributed by atoms with van der Waals surface area (Å²) in [4.78, 5) is 0. The normalized spacial score (nSPS) is 14.5. The van der Waals surface area contributed by atoms with E-state index >= 15 is 0 Å². The first-order valence-electron chi connectivity index (χ1n) is 5.63. The number of methoxy groups -OCH3 is 1. The Labute approximate surface area is 97.4 Å². The van der Waals surface area contributed by atoms with Crippen LogP contribution in [0, 0.1) is 0 Å². The third-order valence-electron chi connectivity index (χ3n) is 2.73. The van der Waals surface area contributed by atoms with Crippen molar-refractivity contribution in [2.24, 2.45) is 0 Å². The van der Waals surface area contributed by atoms with Crippen LogP contribution < -0.4 is 10.1 Å². The highest BCUT2D eigenvalue weighted by Gasteiger charge is 2.16. The minimum atomic E-state index is -0.626. The summed E-state index contributed by atoms with van der Waals surface area (Å²) in [7, 11) is 1.66. The van der Waals surface area contributed by atoms with Crippen LogP contribution in [-0.4, -0.2) is 24.4 Å². The molecule has 0 saturated heterocycles. The molecule has 0 saturated carbocycles. The molecule has 3 heteroatoms. The maximum absolute atomic E-state index is 9.81. The molecule has 1 aromatic carbocycles. The molecule has 1 atom stereocenters. The van der Waals surface area contributed by atoms with Gasteiger partial charge in [-0.2, -0.15) is 0 Å². The highest BCUT2D eigenvalue weighted by atomic mass is 16.5. The molecule has 0 aromatic heterocycles. The summed E-state index contributed by atoms with van der Waals surface area (Å²) in [6.45, 7) is 5.16. The van der Waals surface area contributed by atoms with Gasteiger partial charge in [0.25, 0.3) is 0 Å². The Morgan fingerprint density at radius 2 is 2.19 bits per heavy atom. The van der Waals surface area contributed by atoms with Gasteiger partial charge in [0.2, 0.25) is 0 Å². The molecule has 0 amide bonds. The highest BCUT2D eigenvalue weighted by molar-refractivity contribution is 5.28. The van der Waals surface area contributed by atoms with E-state index in [0.717, 1.165) is 24.3 Å². The van der Waals surface area contributed by atoms with Crippen molar-refractivity contribution in [2.75, 3.05) is 13.7 Å². The van der Waals surface area contributed by atoms with Crippen LogP contribution in [0.1, 0.15) is 25.8 Å². The predicted molar refractivity (Wildman–Crippen MR) is 65.6 cm³/mol. The first-order valence-corrected chi connectivity index (χ1v) is 5.63. The lowest BCUT2D eigenvalue weighted by atomic mass is 10.0. The lowest BCUT2D eigenvalue weighted by molar-refractivity contribution is 0.0555. The number of aliphatic hydroxyl groups is 1. The summed E-state index contributed by atoms with van der Waals surface area (Å²) < 4.78 is 5.15. The molecule has 0 radical (unpaired) electrons. The molecule has 1 rings (SSSR count). The number of ether oxygens (including phenoxy) is 1. The zero-order valence-corrected chi connectivity index (χ0v) is 10.3. The molecular weight excluding hydrogens is 202 g/mol. The monoisotopic (exact) mass is 223 g/mol. The van der Waals surface area contributed by atoms with Crippen LogP contribution in [0.15, 0.2) is 24.3 Å². The molecule has 0 spiro atoms. The van der Waals surface area contributed by atoms with Crippen LogP contribution in [-0.2, 0) is 6.54 Å². The van der Waals surface area contributed by atoms with E-state index in [-0.39, 0.29) is 0 Å². The Bertz CT molecular complexity index is 323. The zero-order chi connectivity index (χ0) is 12.0. The molecule has 0 aliphatic rings. The molecule has 3 nitrogen and oxygen atoms in total. The molecular formula is C13H21NO2. The number of benzene rings is 1.